The first-order valence-corrected chi connectivity index (χ1v) is 6.75. The number of ether oxygens (including phenoxy) is 1. The van der Waals surface area contributed by atoms with Gasteiger partial charge in [0.2, 0.25) is 0 Å². The third-order valence-electron chi connectivity index (χ3n) is 3.63. The highest BCUT2D eigenvalue weighted by Crippen LogP contribution is 2.19. The van der Waals surface area contributed by atoms with Gasteiger partial charge in [0.05, 0.1) is 6.61 Å². The molecular weight excluding hydrogens is 243 g/mol. The van der Waals surface area contributed by atoms with Crippen LogP contribution in [0.2, 0.25) is 0 Å². The Balaban J connectivity index is 2.65. The number of benzene rings is 1. The first kappa shape index (κ1) is 16.1. The second-order valence-corrected chi connectivity index (χ2v) is 5.12. The van der Waals surface area contributed by atoms with E-state index < -0.39 is 0 Å². The van der Waals surface area contributed by atoms with E-state index in [0.29, 0.717) is 13.2 Å². The van der Waals surface area contributed by atoms with E-state index in [-0.39, 0.29) is 11.4 Å². The minimum Gasteiger partial charge on any atom is -0.380 e. The fourth-order valence-corrected chi connectivity index (χ4v) is 2.02. The zero-order valence-electron chi connectivity index (χ0n) is 12.2. The monoisotopic (exact) mass is 268 g/mol. The van der Waals surface area contributed by atoms with Gasteiger partial charge in [-0.2, -0.15) is 0 Å². The van der Waals surface area contributed by atoms with Gasteiger partial charge in [-0.15, -0.1) is 0 Å². The molecule has 1 atom stereocenters. The molecule has 1 aromatic rings. The summed E-state index contributed by atoms with van der Waals surface area (Å²) >= 11 is 0. The lowest BCUT2D eigenvalue weighted by atomic mass is 9.91. The molecule has 0 aromatic heterocycles. The fourth-order valence-electron chi connectivity index (χ4n) is 2.02. The third-order valence-corrected chi connectivity index (χ3v) is 3.63. The fraction of sp³-hybridized carbons (Fsp3) is 0.600. The van der Waals surface area contributed by atoms with Crippen LogP contribution < -0.4 is 5.73 Å². The zero-order chi connectivity index (χ0) is 14.3. The highest BCUT2D eigenvalue weighted by Gasteiger charge is 2.27. The van der Waals surface area contributed by atoms with Crippen molar-refractivity contribution in [2.24, 2.45) is 5.73 Å². The quantitative estimate of drug-likeness (QED) is 0.733. The van der Waals surface area contributed by atoms with Crippen LogP contribution in [-0.2, 0) is 11.2 Å². The molecule has 0 aliphatic carbocycles. The molecule has 4 heteroatoms. The molecule has 1 rings (SSSR count). The van der Waals surface area contributed by atoms with Crippen LogP contribution in [0, 0.1) is 5.82 Å². The maximum atomic E-state index is 12.9. The molecule has 2 N–H and O–H groups in total. The summed E-state index contributed by atoms with van der Waals surface area (Å²) in [5.74, 6) is -0.206. The second-order valence-electron chi connectivity index (χ2n) is 5.12. The number of nitrogens with two attached hydrogens (primary N) is 1. The summed E-state index contributed by atoms with van der Waals surface area (Å²) in [5, 5.41) is 0. The van der Waals surface area contributed by atoms with Crippen LogP contribution in [0.25, 0.3) is 0 Å². The van der Waals surface area contributed by atoms with Gasteiger partial charge < -0.3 is 10.5 Å². The van der Waals surface area contributed by atoms with E-state index in [9.17, 15) is 4.39 Å². The van der Waals surface area contributed by atoms with Crippen molar-refractivity contribution in [2.45, 2.75) is 25.8 Å². The summed E-state index contributed by atoms with van der Waals surface area (Å²) in [6.07, 6.45) is 0.798. The highest BCUT2D eigenvalue weighted by molar-refractivity contribution is 5.19. The normalized spacial score (nSPS) is 14.6. The molecule has 0 radical (unpaired) electrons. The summed E-state index contributed by atoms with van der Waals surface area (Å²) in [5.41, 5.74) is 6.88. The Hall–Kier alpha value is -0.970. The predicted molar refractivity (Wildman–Crippen MR) is 76.7 cm³/mol. The van der Waals surface area contributed by atoms with Crippen molar-refractivity contribution in [1.29, 1.82) is 0 Å². The van der Waals surface area contributed by atoms with Crippen molar-refractivity contribution < 1.29 is 9.13 Å². The lowest BCUT2D eigenvalue weighted by Gasteiger charge is -2.38. The molecule has 0 saturated carbocycles. The molecule has 0 spiro atoms. The maximum Gasteiger partial charge on any atom is 0.123 e. The molecule has 108 valence electrons. The van der Waals surface area contributed by atoms with Gasteiger partial charge in [-0.3, -0.25) is 4.90 Å². The van der Waals surface area contributed by atoms with E-state index in [1.54, 1.807) is 0 Å². The molecule has 19 heavy (non-hydrogen) atoms. The van der Waals surface area contributed by atoms with Gasteiger partial charge in [-0.1, -0.05) is 12.1 Å². The van der Waals surface area contributed by atoms with Crippen LogP contribution >= 0.6 is 0 Å². The molecular formula is C15H25FN2O. The minimum atomic E-state index is -0.206. The van der Waals surface area contributed by atoms with Gasteiger partial charge >= 0.3 is 0 Å². The number of likely N-dealkylation sites (N-methyl/N-ethyl adjacent to an activating group) is 1. The molecule has 0 fully saturated rings. The SMILES string of the molecule is CCOCCN(C)C(C)(CN)Cc1ccc(F)cc1. The third kappa shape index (κ3) is 4.90. The van der Waals surface area contributed by atoms with Gasteiger partial charge in [-0.25, -0.2) is 4.39 Å². The van der Waals surface area contributed by atoms with Crippen LogP contribution in [-0.4, -0.2) is 43.8 Å². The summed E-state index contributed by atoms with van der Waals surface area (Å²) < 4.78 is 18.3. The van der Waals surface area contributed by atoms with Crippen molar-refractivity contribution in [3.63, 3.8) is 0 Å². The Morgan fingerprint density at radius 1 is 1.32 bits per heavy atom. The molecule has 0 heterocycles. The average molecular weight is 268 g/mol. The van der Waals surface area contributed by atoms with Gasteiger partial charge in [0.15, 0.2) is 0 Å². The molecule has 0 aliphatic heterocycles. The summed E-state index contributed by atoms with van der Waals surface area (Å²) in [6.45, 7) is 6.93. The topological polar surface area (TPSA) is 38.5 Å². The predicted octanol–water partition coefficient (Wildman–Crippen LogP) is 2.05. The van der Waals surface area contributed by atoms with E-state index in [1.807, 2.05) is 19.1 Å². The number of hydrogen-bond acceptors (Lipinski definition) is 3. The number of halogens is 1. The largest absolute Gasteiger partial charge is 0.380 e. The van der Waals surface area contributed by atoms with Crippen LogP contribution in [0.1, 0.15) is 19.4 Å². The lowest BCUT2D eigenvalue weighted by Crippen LogP contribution is -2.52. The van der Waals surface area contributed by atoms with Crippen molar-refractivity contribution >= 4 is 0 Å². The van der Waals surface area contributed by atoms with Crippen molar-refractivity contribution in [1.82, 2.24) is 4.90 Å². The van der Waals surface area contributed by atoms with Gasteiger partial charge in [0.1, 0.15) is 5.82 Å². The average Bonchev–Trinajstić information content (AvgIpc) is 2.41. The zero-order valence-corrected chi connectivity index (χ0v) is 12.2. The molecule has 0 amide bonds. The van der Waals surface area contributed by atoms with Crippen molar-refractivity contribution in [2.75, 3.05) is 33.4 Å². The minimum absolute atomic E-state index is 0.144. The van der Waals surface area contributed by atoms with Crippen LogP contribution in [0.4, 0.5) is 4.39 Å². The maximum absolute atomic E-state index is 12.9. The molecule has 1 unspecified atom stereocenters. The Kier molecular flexibility index (Phi) is 6.42. The van der Waals surface area contributed by atoms with E-state index in [1.165, 1.54) is 12.1 Å². The van der Waals surface area contributed by atoms with Crippen LogP contribution in [0.15, 0.2) is 24.3 Å². The second kappa shape index (κ2) is 7.58. The standard InChI is InChI=1S/C15H25FN2O/c1-4-19-10-9-18(3)15(2,12-17)11-13-5-7-14(16)8-6-13/h5-8H,4,9-12,17H2,1-3H3. The number of nitrogens with zero attached hydrogens (tertiary/aromatic N) is 1. The lowest BCUT2D eigenvalue weighted by molar-refractivity contribution is 0.0760. The van der Waals surface area contributed by atoms with Gasteiger partial charge in [0.25, 0.3) is 0 Å². The van der Waals surface area contributed by atoms with E-state index in [0.717, 1.165) is 25.1 Å². The summed E-state index contributed by atoms with van der Waals surface area (Å²) in [4.78, 5) is 2.21. The highest BCUT2D eigenvalue weighted by atomic mass is 19.1. The van der Waals surface area contributed by atoms with E-state index >= 15 is 0 Å². The van der Waals surface area contributed by atoms with Crippen LogP contribution in [0.5, 0.6) is 0 Å². The Bertz CT molecular complexity index is 369. The Morgan fingerprint density at radius 3 is 2.47 bits per heavy atom. The number of rotatable bonds is 8. The van der Waals surface area contributed by atoms with Crippen molar-refractivity contribution in [3.8, 4) is 0 Å². The molecule has 0 bridgehead atoms. The number of hydrogen-bond donors (Lipinski definition) is 1. The molecule has 3 nitrogen and oxygen atoms in total. The smallest absolute Gasteiger partial charge is 0.123 e. The van der Waals surface area contributed by atoms with E-state index in [4.69, 9.17) is 10.5 Å². The summed E-state index contributed by atoms with van der Waals surface area (Å²) in [7, 11) is 2.05. The molecule has 0 aliphatic rings. The first-order valence-electron chi connectivity index (χ1n) is 6.75. The first-order chi connectivity index (χ1) is 9.01. The van der Waals surface area contributed by atoms with Crippen molar-refractivity contribution in [3.05, 3.63) is 35.6 Å². The molecule has 0 saturated heterocycles. The van der Waals surface area contributed by atoms with Gasteiger partial charge in [-0.05, 0) is 45.0 Å². The van der Waals surface area contributed by atoms with Crippen LogP contribution in [0.3, 0.4) is 0 Å². The molecule has 1 aromatic carbocycles. The van der Waals surface area contributed by atoms with E-state index in [2.05, 4.69) is 18.9 Å². The summed E-state index contributed by atoms with van der Waals surface area (Å²) in [6, 6.07) is 6.62. The Labute approximate surface area is 115 Å². The Morgan fingerprint density at radius 2 is 1.95 bits per heavy atom. The van der Waals surface area contributed by atoms with Gasteiger partial charge in [0, 0.05) is 25.2 Å².